The maximum absolute atomic E-state index is 9.78. The molecule has 4 heteroatoms. The van der Waals surface area contributed by atoms with Gasteiger partial charge in [0.15, 0.2) is 0 Å². The van der Waals surface area contributed by atoms with Gasteiger partial charge < -0.3 is 14.7 Å². The first-order valence-electron chi connectivity index (χ1n) is 10.4. The molecule has 0 unspecified atom stereocenters. The molecule has 0 saturated carbocycles. The second kappa shape index (κ2) is 7.49. The van der Waals surface area contributed by atoms with Crippen LogP contribution in [-0.4, -0.2) is 59.8 Å². The van der Waals surface area contributed by atoms with Gasteiger partial charge in [0, 0.05) is 39.2 Å². The van der Waals surface area contributed by atoms with Gasteiger partial charge in [-0.3, -0.25) is 4.90 Å². The summed E-state index contributed by atoms with van der Waals surface area (Å²) in [5, 5.41) is 9.78. The Morgan fingerprint density at radius 3 is 2.65 bits per heavy atom. The molecule has 0 amide bonds. The van der Waals surface area contributed by atoms with Gasteiger partial charge in [0.2, 0.25) is 0 Å². The molecule has 144 valence electrons. The summed E-state index contributed by atoms with van der Waals surface area (Å²) in [6.07, 6.45) is 4.88. The fourth-order valence-electron chi connectivity index (χ4n) is 5.17. The lowest BCUT2D eigenvalue weighted by Crippen LogP contribution is -2.44. The molecule has 0 spiro atoms. The predicted molar refractivity (Wildman–Crippen MR) is 104 cm³/mol. The Morgan fingerprint density at radius 1 is 1.12 bits per heavy atom. The number of nitrogens with zero attached hydrogens (tertiary/aromatic N) is 2. The number of piperidine rings is 1. The molecule has 4 nitrogen and oxygen atoms in total. The van der Waals surface area contributed by atoms with Crippen molar-refractivity contribution in [3.05, 3.63) is 29.3 Å². The zero-order valence-electron chi connectivity index (χ0n) is 16.4. The molecular formula is C22H34N2O2. The van der Waals surface area contributed by atoms with Crippen molar-refractivity contribution in [2.24, 2.45) is 11.8 Å². The van der Waals surface area contributed by atoms with Crippen LogP contribution in [0.5, 0.6) is 5.75 Å². The maximum Gasteiger partial charge on any atom is 0.123 e. The first kappa shape index (κ1) is 18.3. The second-order valence-electron chi connectivity index (χ2n) is 9.33. The molecule has 2 saturated heterocycles. The molecule has 3 heterocycles. The number of hydrogen-bond donors (Lipinski definition) is 1. The Balaban J connectivity index is 1.40. The number of aliphatic hydroxyl groups excluding tert-OH is 1. The van der Waals surface area contributed by atoms with Crippen molar-refractivity contribution >= 4 is 0 Å². The summed E-state index contributed by atoms with van der Waals surface area (Å²) in [6, 6.07) is 6.70. The number of ether oxygens (including phenoxy) is 1. The Morgan fingerprint density at radius 2 is 1.88 bits per heavy atom. The monoisotopic (exact) mass is 358 g/mol. The van der Waals surface area contributed by atoms with Gasteiger partial charge in [0.05, 0.1) is 0 Å². The number of likely N-dealkylation sites (tertiary alicyclic amines) is 2. The van der Waals surface area contributed by atoms with Crippen LogP contribution in [0.3, 0.4) is 0 Å². The van der Waals surface area contributed by atoms with Crippen molar-refractivity contribution in [1.29, 1.82) is 0 Å². The van der Waals surface area contributed by atoms with Crippen LogP contribution in [-0.2, 0) is 13.0 Å². The summed E-state index contributed by atoms with van der Waals surface area (Å²) < 4.78 is 6.01. The molecule has 3 aliphatic heterocycles. The van der Waals surface area contributed by atoms with Crippen LogP contribution in [0.2, 0.25) is 0 Å². The highest BCUT2D eigenvalue weighted by atomic mass is 16.5. The van der Waals surface area contributed by atoms with Gasteiger partial charge in [-0.2, -0.15) is 0 Å². The van der Waals surface area contributed by atoms with Gasteiger partial charge in [-0.25, -0.2) is 0 Å². The minimum atomic E-state index is -0.0745. The first-order valence-corrected chi connectivity index (χ1v) is 10.4. The van der Waals surface area contributed by atoms with Crippen LogP contribution in [0, 0.1) is 11.8 Å². The third-order valence-electron chi connectivity index (χ3n) is 6.21. The molecule has 0 aliphatic carbocycles. The smallest absolute Gasteiger partial charge is 0.123 e. The molecule has 1 aromatic carbocycles. The highest BCUT2D eigenvalue weighted by molar-refractivity contribution is 5.41. The van der Waals surface area contributed by atoms with Gasteiger partial charge in [-0.05, 0) is 75.2 Å². The molecule has 2 fully saturated rings. The normalized spacial score (nSPS) is 28.9. The Bertz CT molecular complexity index is 625. The molecule has 26 heavy (non-hydrogen) atoms. The van der Waals surface area contributed by atoms with Gasteiger partial charge >= 0.3 is 0 Å². The average molecular weight is 359 g/mol. The summed E-state index contributed by atoms with van der Waals surface area (Å²) in [6.45, 7) is 11.5. The highest BCUT2D eigenvalue weighted by Crippen LogP contribution is 2.35. The summed E-state index contributed by atoms with van der Waals surface area (Å²) in [7, 11) is 0. The number of fused-ring (bicyclic) bond motifs is 1. The van der Waals surface area contributed by atoms with E-state index in [-0.39, 0.29) is 5.60 Å². The van der Waals surface area contributed by atoms with Crippen LogP contribution in [0.25, 0.3) is 0 Å². The highest BCUT2D eigenvalue weighted by Gasteiger charge is 2.31. The lowest BCUT2D eigenvalue weighted by molar-refractivity contribution is 0.0658. The van der Waals surface area contributed by atoms with E-state index in [2.05, 4.69) is 41.8 Å². The van der Waals surface area contributed by atoms with Crippen molar-refractivity contribution < 1.29 is 9.84 Å². The van der Waals surface area contributed by atoms with E-state index in [0.717, 1.165) is 31.8 Å². The average Bonchev–Trinajstić information content (AvgIpc) is 3.20. The minimum absolute atomic E-state index is 0.0745. The minimum Gasteiger partial charge on any atom is -0.487 e. The van der Waals surface area contributed by atoms with E-state index < -0.39 is 0 Å². The zero-order valence-corrected chi connectivity index (χ0v) is 16.4. The van der Waals surface area contributed by atoms with E-state index in [1.165, 1.54) is 50.0 Å². The maximum atomic E-state index is 9.78. The quantitative estimate of drug-likeness (QED) is 0.878. The van der Waals surface area contributed by atoms with Crippen LogP contribution in [0.15, 0.2) is 18.2 Å². The van der Waals surface area contributed by atoms with Gasteiger partial charge in [-0.1, -0.05) is 12.1 Å². The molecule has 0 radical (unpaired) electrons. The topological polar surface area (TPSA) is 35.9 Å². The van der Waals surface area contributed by atoms with E-state index in [1.807, 2.05) is 0 Å². The van der Waals surface area contributed by atoms with Crippen LogP contribution in [0.4, 0.5) is 0 Å². The zero-order chi connectivity index (χ0) is 18.1. The van der Waals surface area contributed by atoms with E-state index >= 15 is 0 Å². The van der Waals surface area contributed by atoms with E-state index in [4.69, 9.17) is 4.74 Å². The first-order chi connectivity index (χ1) is 12.5. The number of rotatable bonds is 5. The van der Waals surface area contributed by atoms with Crippen LogP contribution < -0.4 is 4.74 Å². The summed E-state index contributed by atoms with van der Waals surface area (Å²) in [5.74, 6) is 2.17. The van der Waals surface area contributed by atoms with Crippen molar-refractivity contribution in [3.8, 4) is 5.75 Å². The van der Waals surface area contributed by atoms with Crippen molar-refractivity contribution in [2.75, 3.05) is 39.3 Å². The van der Waals surface area contributed by atoms with E-state index in [1.54, 1.807) is 0 Å². The van der Waals surface area contributed by atoms with Crippen molar-refractivity contribution in [3.63, 3.8) is 0 Å². The molecule has 1 N–H and O–H groups in total. The lowest BCUT2D eigenvalue weighted by atomic mass is 9.89. The van der Waals surface area contributed by atoms with E-state index in [0.29, 0.717) is 18.4 Å². The van der Waals surface area contributed by atoms with E-state index in [9.17, 15) is 5.11 Å². The molecule has 0 aromatic heterocycles. The molecule has 2 atom stereocenters. The van der Waals surface area contributed by atoms with Gasteiger partial charge in [-0.15, -0.1) is 0 Å². The predicted octanol–water partition coefficient (Wildman–Crippen LogP) is 2.93. The van der Waals surface area contributed by atoms with Crippen LogP contribution >= 0.6 is 0 Å². The molecule has 1 aromatic rings. The van der Waals surface area contributed by atoms with Gasteiger partial charge in [0.1, 0.15) is 11.4 Å². The Kier molecular flexibility index (Phi) is 5.27. The summed E-state index contributed by atoms with van der Waals surface area (Å²) >= 11 is 0. The Labute approximate surface area is 158 Å². The van der Waals surface area contributed by atoms with Crippen molar-refractivity contribution in [2.45, 2.75) is 51.7 Å². The standard InChI is InChI=1S/C22H34N2O2/c1-22(2)11-20-10-17(5-6-21(20)26-22)12-24-14-18(9-19(15-24)16-25)13-23-7-3-4-8-23/h5-6,10,18-19,25H,3-4,7-9,11-16H2,1-2H3/t18-,19+/m0/s1. The number of benzene rings is 1. The lowest BCUT2D eigenvalue weighted by Gasteiger charge is -2.38. The fourth-order valence-corrected chi connectivity index (χ4v) is 5.17. The third-order valence-corrected chi connectivity index (χ3v) is 6.21. The summed E-state index contributed by atoms with van der Waals surface area (Å²) in [5.41, 5.74) is 2.65. The second-order valence-corrected chi connectivity index (χ2v) is 9.33. The van der Waals surface area contributed by atoms with Crippen molar-refractivity contribution in [1.82, 2.24) is 9.80 Å². The Hall–Kier alpha value is -1.10. The molecule has 4 rings (SSSR count). The third kappa shape index (κ3) is 4.24. The van der Waals surface area contributed by atoms with Crippen LogP contribution in [0.1, 0.15) is 44.2 Å². The SMILES string of the molecule is CC1(C)Cc2cc(CN3C[C@H](CO)C[C@@H](CN4CCCC4)C3)ccc2O1. The largest absolute Gasteiger partial charge is 0.487 e. The summed E-state index contributed by atoms with van der Waals surface area (Å²) in [4.78, 5) is 5.19. The molecule has 3 aliphatic rings. The molecular weight excluding hydrogens is 324 g/mol. The fraction of sp³-hybridized carbons (Fsp3) is 0.727. The van der Waals surface area contributed by atoms with Gasteiger partial charge in [0.25, 0.3) is 0 Å². The number of aliphatic hydroxyl groups is 1. The molecule has 0 bridgehead atoms. The number of hydrogen-bond acceptors (Lipinski definition) is 4.